The van der Waals surface area contributed by atoms with Crippen LogP contribution in [0.1, 0.15) is 21.7 Å². The molecule has 0 bridgehead atoms. The Labute approximate surface area is 218 Å². The van der Waals surface area contributed by atoms with Crippen LogP contribution in [-0.2, 0) is 9.59 Å². The van der Waals surface area contributed by atoms with Gasteiger partial charge in [0.1, 0.15) is 11.5 Å². The summed E-state index contributed by atoms with van der Waals surface area (Å²) in [5.74, 6) is 0.120. The molecular weight excluding hydrogens is 488 g/mol. The molecule has 1 aromatic heterocycles. The van der Waals surface area contributed by atoms with Gasteiger partial charge in [-0.3, -0.25) is 14.4 Å². The van der Waals surface area contributed by atoms with Crippen molar-refractivity contribution in [2.24, 2.45) is 0 Å². The van der Waals surface area contributed by atoms with Crippen molar-refractivity contribution in [2.45, 2.75) is 11.8 Å². The molecule has 8 nitrogen and oxygen atoms in total. The van der Waals surface area contributed by atoms with Crippen molar-refractivity contribution < 1.29 is 18.9 Å². The monoisotopic (exact) mass is 512 g/mol. The summed E-state index contributed by atoms with van der Waals surface area (Å²) in [5.41, 5.74) is 1.87. The van der Waals surface area contributed by atoms with Crippen molar-refractivity contribution in [3.63, 3.8) is 0 Å². The van der Waals surface area contributed by atoms with E-state index >= 15 is 0 Å². The highest BCUT2D eigenvalue weighted by Crippen LogP contribution is 2.21. The van der Waals surface area contributed by atoms with Gasteiger partial charge in [0.25, 0.3) is 11.8 Å². The van der Waals surface area contributed by atoms with E-state index in [2.05, 4.69) is 21.1 Å². The Morgan fingerprint density at radius 2 is 1.57 bits per heavy atom. The second-order valence-corrected chi connectivity index (χ2v) is 8.98. The van der Waals surface area contributed by atoms with Gasteiger partial charge in [-0.05, 0) is 55.0 Å². The van der Waals surface area contributed by atoms with Gasteiger partial charge in [0.2, 0.25) is 5.91 Å². The van der Waals surface area contributed by atoms with Crippen LogP contribution in [0.2, 0.25) is 0 Å². The summed E-state index contributed by atoms with van der Waals surface area (Å²) in [6, 6.07) is 26.7. The number of hydrogen-bond acceptors (Lipinski definition) is 6. The Morgan fingerprint density at radius 3 is 2.22 bits per heavy atom. The van der Waals surface area contributed by atoms with Gasteiger partial charge < -0.3 is 20.5 Å². The number of nitrogens with zero attached hydrogens (tertiary/aromatic N) is 1. The van der Waals surface area contributed by atoms with Crippen molar-refractivity contribution in [3.8, 4) is 0 Å². The van der Waals surface area contributed by atoms with Crippen LogP contribution in [0.4, 0.5) is 11.5 Å². The van der Waals surface area contributed by atoms with Gasteiger partial charge >= 0.3 is 0 Å². The summed E-state index contributed by atoms with van der Waals surface area (Å²) >= 11 is 1.34. The maximum absolute atomic E-state index is 13.1. The first-order valence-electron chi connectivity index (χ1n) is 11.4. The van der Waals surface area contributed by atoms with Gasteiger partial charge in [-0.25, -0.2) is 0 Å². The second-order valence-electron chi connectivity index (χ2n) is 7.93. The number of anilines is 2. The molecule has 0 saturated heterocycles. The topological polar surface area (TPSA) is 113 Å². The number of thioether (sulfide) groups is 1. The quantitative estimate of drug-likeness (QED) is 0.212. The van der Waals surface area contributed by atoms with Crippen molar-refractivity contribution in [3.05, 3.63) is 114 Å². The standard InChI is InChI=1S/C28H24N4O4S/c1-19-16-25(32-36-19)31-26(33)18-37-23-14-12-22(13-15-23)29-28(35)24(17-20-8-4-2-5-9-20)30-27(34)21-10-6-3-7-11-21/h2-17H,18H2,1H3,(H,29,35)(H,30,34)(H,31,32,33)/b24-17-. The fourth-order valence-electron chi connectivity index (χ4n) is 3.24. The van der Waals surface area contributed by atoms with E-state index in [1.165, 1.54) is 11.8 Å². The lowest BCUT2D eigenvalue weighted by molar-refractivity contribution is -0.114. The average Bonchev–Trinajstić information content (AvgIpc) is 3.33. The maximum Gasteiger partial charge on any atom is 0.272 e. The lowest BCUT2D eigenvalue weighted by Crippen LogP contribution is -2.30. The molecule has 0 spiro atoms. The first kappa shape index (κ1) is 25.5. The summed E-state index contributed by atoms with van der Waals surface area (Å²) < 4.78 is 4.93. The smallest absolute Gasteiger partial charge is 0.272 e. The number of rotatable bonds is 9. The Balaban J connectivity index is 1.39. The Morgan fingerprint density at radius 1 is 0.892 bits per heavy atom. The third-order valence-electron chi connectivity index (χ3n) is 5.02. The van der Waals surface area contributed by atoms with E-state index < -0.39 is 5.91 Å². The predicted octanol–water partition coefficient (Wildman–Crippen LogP) is 5.12. The fourth-order valence-corrected chi connectivity index (χ4v) is 3.94. The predicted molar refractivity (Wildman–Crippen MR) is 144 cm³/mol. The van der Waals surface area contributed by atoms with E-state index in [9.17, 15) is 14.4 Å². The second kappa shape index (κ2) is 12.4. The van der Waals surface area contributed by atoms with Crippen LogP contribution in [0.25, 0.3) is 6.08 Å². The van der Waals surface area contributed by atoms with Crippen LogP contribution in [0.3, 0.4) is 0 Å². The van der Waals surface area contributed by atoms with Crippen LogP contribution < -0.4 is 16.0 Å². The molecule has 9 heteroatoms. The highest BCUT2D eigenvalue weighted by atomic mass is 32.2. The molecule has 3 N–H and O–H groups in total. The van der Waals surface area contributed by atoms with E-state index in [0.29, 0.717) is 22.8 Å². The molecule has 186 valence electrons. The number of benzene rings is 3. The van der Waals surface area contributed by atoms with E-state index in [-0.39, 0.29) is 23.3 Å². The van der Waals surface area contributed by atoms with Crippen LogP contribution in [0.5, 0.6) is 0 Å². The van der Waals surface area contributed by atoms with Gasteiger partial charge in [0, 0.05) is 22.2 Å². The first-order valence-corrected chi connectivity index (χ1v) is 12.4. The Kier molecular flexibility index (Phi) is 8.51. The molecular formula is C28H24N4O4S. The third-order valence-corrected chi connectivity index (χ3v) is 6.03. The zero-order chi connectivity index (χ0) is 26.0. The van der Waals surface area contributed by atoms with Gasteiger partial charge in [-0.1, -0.05) is 53.7 Å². The van der Waals surface area contributed by atoms with Crippen molar-refractivity contribution in [2.75, 3.05) is 16.4 Å². The van der Waals surface area contributed by atoms with E-state index in [0.717, 1.165) is 10.5 Å². The van der Waals surface area contributed by atoms with Crippen molar-refractivity contribution in [1.82, 2.24) is 10.5 Å². The number of amides is 3. The lowest BCUT2D eigenvalue weighted by atomic mass is 10.1. The van der Waals surface area contributed by atoms with Gasteiger partial charge in [0.05, 0.1) is 5.75 Å². The first-order chi connectivity index (χ1) is 18.0. The molecule has 37 heavy (non-hydrogen) atoms. The van der Waals surface area contributed by atoms with Crippen molar-refractivity contribution >= 4 is 47.1 Å². The number of hydrogen-bond donors (Lipinski definition) is 3. The lowest BCUT2D eigenvalue weighted by Gasteiger charge is -2.12. The van der Waals surface area contributed by atoms with Crippen LogP contribution in [0, 0.1) is 6.92 Å². The van der Waals surface area contributed by atoms with Crippen molar-refractivity contribution in [1.29, 1.82) is 0 Å². The zero-order valence-corrected chi connectivity index (χ0v) is 20.7. The molecule has 0 atom stereocenters. The van der Waals surface area contributed by atoms with Crippen LogP contribution >= 0.6 is 11.8 Å². The minimum absolute atomic E-state index is 0.110. The van der Waals surface area contributed by atoms with Crippen LogP contribution in [0.15, 0.2) is 106 Å². The molecule has 1 heterocycles. The molecule has 0 aliphatic carbocycles. The number of aryl methyl sites for hydroxylation is 1. The summed E-state index contributed by atoms with van der Waals surface area (Å²) in [7, 11) is 0. The molecule has 0 radical (unpaired) electrons. The molecule has 4 aromatic rings. The highest BCUT2D eigenvalue weighted by Gasteiger charge is 2.15. The van der Waals surface area contributed by atoms with Gasteiger partial charge in [-0.15, -0.1) is 11.8 Å². The van der Waals surface area contributed by atoms with Crippen LogP contribution in [-0.4, -0.2) is 28.6 Å². The number of nitrogens with one attached hydrogen (secondary N) is 3. The summed E-state index contributed by atoms with van der Waals surface area (Å²) in [6.07, 6.45) is 1.62. The number of carbonyl (C=O) groups excluding carboxylic acids is 3. The minimum Gasteiger partial charge on any atom is -0.360 e. The highest BCUT2D eigenvalue weighted by molar-refractivity contribution is 8.00. The largest absolute Gasteiger partial charge is 0.360 e. The Bertz CT molecular complexity index is 1400. The fraction of sp³-hybridized carbons (Fsp3) is 0.0714. The molecule has 0 saturated carbocycles. The molecule has 0 aliphatic rings. The zero-order valence-electron chi connectivity index (χ0n) is 19.9. The minimum atomic E-state index is -0.462. The summed E-state index contributed by atoms with van der Waals surface area (Å²) in [4.78, 5) is 38.8. The van der Waals surface area contributed by atoms with E-state index in [1.807, 2.05) is 36.4 Å². The molecule has 3 aromatic carbocycles. The average molecular weight is 513 g/mol. The Hall–Kier alpha value is -4.63. The molecule has 0 aliphatic heterocycles. The number of carbonyl (C=O) groups is 3. The third kappa shape index (κ3) is 7.68. The maximum atomic E-state index is 13.1. The van der Waals surface area contributed by atoms with Gasteiger partial charge in [0.15, 0.2) is 5.82 Å². The normalized spacial score (nSPS) is 11.0. The SMILES string of the molecule is Cc1cc(NC(=O)CSc2ccc(NC(=O)/C(=C/c3ccccc3)NC(=O)c3ccccc3)cc2)no1. The molecule has 0 unspecified atom stereocenters. The number of aromatic nitrogens is 1. The molecule has 4 rings (SSSR count). The van der Waals surface area contributed by atoms with E-state index in [1.54, 1.807) is 67.6 Å². The molecule has 0 fully saturated rings. The van der Waals surface area contributed by atoms with Gasteiger partial charge in [-0.2, -0.15) is 0 Å². The summed E-state index contributed by atoms with van der Waals surface area (Å²) in [6.45, 7) is 1.75. The summed E-state index contributed by atoms with van der Waals surface area (Å²) in [5, 5.41) is 11.9. The molecule has 3 amide bonds. The van der Waals surface area contributed by atoms with E-state index in [4.69, 9.17) is 4.52 Å².